The molecule has 27 heavy (non-hydrogen) atoms. The number of nitriles is 2. The van der Waals surface area contributed by atoms with Crippen LogP contribution in [-0.2, 0) is 6.42 Å². The predicted molar refractivity (Wildman–Crippen MR) is 101 cm³/mol. The summed E-state index contributed by atoms with van der Waals surface area (Å²) in [5.41, 5.74) is 2.70. The molecule has 0 bridgehead atoms. The second-order valence-corrected chi connectivity index (χ2v) is 6.66. The molecule has 2 N–H and O–H groups in total. The van der Waals surface area contributed by atoms with Crippen molar-refractivity contribution in [2.45, 2.75) is 32.2 Å². The lowest BCUT2D eigenvalue weighted by molar-refractivity contribution is 0.891. The number of benzene rings is 1. The molecule has 0 amide bonds. The normalized spacial score (nSPS) is 13.2. The van der Waals surface area contributed by atoms with E-state index in [2.05, 4.69) is 37.8 Å². The van der Waals surface area contributed by atoms with Gasteiger partial charge in [-0.3, -0.25) is 0 Å². The lowest BCUT2D eigenvalue weighted by Crippen LogP contribution is -2.11. The summed E-state index contributed by atoms with van der Waals surface area (Å²) >= 11 is 6.46. The molecule has 0 radical (unpaired) electrons. The Labute approximate surface area is 160 Å². The van der Waals surface area contributed by atoms with Gasteiger partial charge in [-0.25, -0.2) is 4.98 Å². The zero-order valence-electron chi connectivity index (χ0n) is 14.5. The lowest BCUT2D eigenvalue weighted by Gasteiger charge is -2.13. The maximum Gasteiger partial charge on any atom is 0.247 e. The zero-order valence-corrected chi connectivity index (χ0v) is 15.2. The Morgan fingerprint density at radius 3 is 2.78 bits per heavy atom. The Morgan fingerprint density at radius 2 is 2.11 bits per heavy atom. The summed E-state index contributed by atoms with van der Waals surface area (Å²) in [5.74, 6) is 0.818. The molecule has 1 aromatic carbocycles. The zero-order chi connectivity index (χ0) is 19.0. The fourth-order valence-electron chi connectivity index (χ4n) is 2.75. The molecule has 0 atom stereocenters. The first-order valence-corrected chi connectivity index (χ1v) is 8.92. The van der Waals surface area contributed by atoms with Crippen LogP contribution in [0.1, 0.15) is 36.6 Å². The van der Waals surface area contributed by atoms with Gasteiger partial charge in [-0.2, -0.15) is 20.0 Å². The van der Waals surface area contributed by atoms with Crippen molar-refractivity contribution in [3.8, 4) is 12.1 Å². The molecule has 3 aromatic rings. The fraction of sp³-hybridized carbons (Fsp3) is 0.278. The van der Waals surface area contributed by atoms with E-state index in [-0.39, 0.29) is 5.95 Å². The smallest absolute Gasteiger partial charge is 0.247 e. The van der Waals surface area contributed by atoms with Crippen molar-refractivity contribution in [1.82, 2.24) is 19.6 Å². The number of hydrogen-bond donors (Lipinski definition) is 2. The highest BCUT2D eigenvalue weighted by atomic mass is 35.5. The number of anilines is 3. The molecule has 2 aromatic heterocycles. The van der Waals surface area contributed by atoms with Gasteiger partial charge in [0.25, 0.3) is 0 Å². The van der Waals surface area contributed by atoms with Gasteiger partial charge in [-0.15, -0.1) is 5.10 Å². The second-order valence-electron chi connectivity index (χ2n) is 6.28. The van der Waals surface area contributed by atoms with Crippen molar-refractivity contribution in [3.63, 3.8) is 0 Å². The first-order chi connectivity index (χ1) is 13.1. The topological polar surface area (TPSA) is 115 Å². The van der Waals surface area contributed by atoms with Crippen molar-refractivity contribution in [3.05, 3.63) is 40.2 Å². The fourth-order valence-corrected chi connectivity index (χ4v) is 3.04. The van der Waals surface area contributed by atoms with Gasteiger partial charge in [0.05, 0.1) is 28.5 Å². The number of aryl methyl sites for hydroxylation is 1. The van der Waals surface area contributed by atoms with Crippen LogP contribution < -0.4 is 10.6 Å². The molecule has 0 aliphatic heterocycles. The van der Waals surface area contributed by atoms with Crippen molar-refractivity contribution >= 4 is 34.7 Å². The molecule has 1 saturated carbocycles. The molecule has 0 spiro atoms. The van der Waals surface area contributed by atoms with Crippen LogP contribution in [0.2, 0.25) is 5.02 Å². The Hall–Kier alpha value is -3.36. The van der Waals surface area contributed by atoms with Crippen LogP contribution in [0.15, 0.2) is 18.3 Å². The Bertz CT molecular complexity index is 1120. The number of nitrogens with zero attached hydrogens (tertiary/aromatic N) is 6. The monoisotopic (exact) mass is 378 g/mol. The standard InChI is InChI=1S/C18H15ClN8/c1-2-11-5-10(7-20)6-14(15(11)19)24-18-25-16(23-12-3-4-12)17-22-9-13(8-21)27(17)26-18/h5-6,9,12H,2-4H2,1H3,(H2,23,24,25,26). The Morgan fingerprint density at radius 1 is 1.30 bits per heavy atom. The van der Waals surface area contributed by atoms with Crippen LogP contribution in [0.5, 0.6) is 0 Å². The number of hydrogen-bond acceptors (Lipinski definition) is 7. The maximum absolute atomic E-state index is 9.30. The summed E-state index contributed by atoms with van der Waals surface area (Å²) in [5, 5.41) is 29.8. The number of fused-ring (bicyclic) bond motifs is 1. The van der Waals surface area contributed by atoms with Crippen molar-refractivity contribution in [2.75, 3.05) is 10.6 Å². The molecule has 1 aliphatic rings. The molecular formula is C18H15ClN8. The van der Waals surface area contributed by atoms with Crippen LogP contribution in [0.25, 0.3) is 5.65 Å². The average Bonchev–Trinajstić information content (AvgIpc) is 3.39. The summed E-state index contributed by atoms with van der Waals surface area (Å²) in [4.78, 5) is 8.76. The van der Waals surface area contributed by atoms with Gasteiger partial charge in [0.1, 0.15) is 6.07 Å². The molecule has 4 rings (SSSR count). The molecule has 1 aliphatic carbocycles. The highest BCUT2D eigenvalue weighted by molar-refractivity contribution is 6.34. The summed E-state index contributed by atoms with van der Waals surface area (Å²) in [7, 11) is 0. The number of nitrogens with one attached hydrogen (secondary N) is 2. The molecule has 2 heterocycles. The molecule has 8 nitrogen and oxygen atoms in total. The lowest BCUT2D eigenvalue weighted by atomic mass is 10.1. The molecule has 0 saturated heterocycles. The number of imidazole rings is 1. The minimum Gasteiger partial charge on any atom is -0.364 e. The van der Waals surface area contributed by atoms with Crippen LogP contribution >= 0.6 is 11.6 Å². The van der Waals surface area contributed by atoms with Gasteiger partial charge in [-0.1, -0.05) is 18.5 Å². The third-order valence-electron chi connectivity index (χ3n) is 4.30. The Balaban J connectivity index is 1.80. The number of halogens is 1. The summed E-state index contributed by atoms with van der Waals surface area (Å²) in [6.07, 6.45) is 4.29. The van der Waals surface area contributed by atoms with Gasteiger partial charge in [0, 0.05) is 6.04 Å². The minimum absolute atomic E-state index is 0.263. The number of aromatic nitrogens is 4. The average molecular weight is 379 g/mol. The third-order valence-corrected chi connectivity index (χ3v) is 4.75. The van der Waals surface area contributed by atoms with E-state index in [1.54, 1.807) is 12.1 Å². The van der Waals surface area contributed by atoms with E-state index in [4.69, 9.17) is 11.6 Å². The first-order valence-electron chi connectivity index (χ1n) is 8.55. The van der Waals surface area contributed by atoms with Gasteiger partial charge in [0.15, 0.2) is 17.2 Å². The number of rotatable bonds is 5. The van der Waals surface area contributed by atoms with Gasteiger partial charge >= 0.3 is 0 Å². The molecular weight excluding hydrogens is 364 g/mol. The Kier molecular flexibility index (Phi) is 4.27. The van der Waals surface area contributed by atoms with Crippen molar-refractivity contribution in [2.24, 2.45) is 0 Å². The highest BCUT2D eigenvalue weighted by Crippen LogP contribution is 2.31. The van der Waals surface area contributed by atoms with E-state index in [1.165, 1.54) is 10.7 Å². The summed E-state index contributed by atoms with van der Waals surface area (Å²) in [6.45, 7) is 1.97. The van der Waals surface area contributed by atoms with Gasteiger partial charge in [0.2, 0.25) is 5.95 Å². The molecule has 134 valence electrons. The van der Waals surface area contributed by atoms with E-state index >= 15 is 0 Å². The third kappa shape index (κ3) is 3.23. The first kappa shape index (κ1) is 17.1. The van der Waals surface area contributed by atoms with Crippen LogP contribution in [0, 0.1) is 22.7 Å². The van der Waals surface area contributed by atoms with E-state index in [1.807, 2.05) is 6.92 Å². The van der Waals surface area contributed by atoms with Crippen molar-refractivity contribution < 1.29 is 0 Å². The molecule has 0 unspecified atom stereocenters. The second kappa shape index (κ2) is 6.75. The highest BCUT2D eigenvalue weighted by Gasteiger charge is 2.24. The van der Waals surface area contributed by atoms with Crippen LogP contribution in [0.4, 0.5) is 17.5 Å². The predicted octanol–water partition coefficient (Wildman–Crippen LogP) is 3.40. The van der Waals surface area contributed by atoms with Gasteiger partial charge in [-0.05, 0) is 37.0 Å². The van der Waals surface area contributed by atoms with E-state index in [0.29, 0.717) is 45.9 Å². The summed E-state index contributed by atoms with van der Waals surface area (Å²) in [6, 6.07) is 7.98. The largest absolute Gasteiger partial charge is 0.364 e. The van der Waals surface area contributed by atoms with E-state index in [0.717, 1.165) is 18.4 Å². The summed E-state index contributed by atoms with van der Waals surface area (Å²) < 4.78 is 1.45. The maximum atomic E-state index is 9.30. The van der Waals surface area contributed by atoms with E-state index < -0.39 is 0 Å². The minimum atomic E-state index is 0.263. The van der Waals surface area contributed by atoms with Crippen LogP contribution in [0.3, 0.4) is 0 Å². The SMILES string of the molecule is CCc1cc(C#N)cc(Nc2nc(NC3CC3)c3ncc(C#N)n3n2)c1Cl. The van der Waals surface area contributed by atoms with Crippen molar-refractivity contribution in [1.29, 1.82) is 10.5 Å². The van der Waals surface area contributed by atoms with Gasteiger partial charge < -0.3 is 10.6 Å². The quantitative estimate of drug-likeness (QED) is 0.699. The molecule has 9 heteroatoms. The van der Waals surface area contributed by atoms with Crippen LogP contribution in [-0.4, -0.2) is 25.6 Å². The van der Waals surface area contributed by atoms with E-state index in [9.17, 15) is 10.5 Å². The molecule has 1 fully saturated rings.